The van der Waals surface area contributed by atoms with Gasteiger partial charge in [0.05, 0.1) is 6.04 Å². The van der Waals surface area contributed by atoms with E-state index in [0.717, 1.165) is 29.5 Å². The molecule has 1 atom stereocenters. The molecule has 1 fully saturated rings. The van der Waals surface area contributed by atoms with Crippen molar-refractivity contribution >= 4 is 11.8 Å². The maximum absolute atomic E-state index is 12.2. The molecule has 1 heterocycles. The second kappa shape index (κ2) is 11.1. The number of nitrogens with zero attached hydrogens (tertiary/aromatic N) is 1. The quantitative estimate of drug-likeness (QED) is 0.679. The predicted molar refractivity (Wildman–Crippen MR) is 127 cm³/mol. The van der Waals surface area contributed by atoms with E-state index in [4.69, 9.17) is 0 Å². The van der Waals surface area contributed by atoms with Crippen LogP contribution >= 0.6 is 0 Å². The zero-order valence-corrected chi connectivity index (χ0v) is 19.4. The zero-order valence-electron chi connectivity index (χ0n) is 19.4. The van der Waals surface area contributed by atoms with Crippen LogP contribution in [-0.2, 0) is 17.8 Å². The molecule has 32 heavy (non-hydrogen) atoms. The van der Waals surface area contributed by atoms with E-state index in [2.05, 4.69) is 28.6 Å². The third kappa shape index (κ3) is 6.57. The summed E-state index contributed by atoms with van der Waals surface area (Å²) in [5.74, 6) is -0.114. The summed E-state index contributed by atoms with van der Waals surface area (Å²) in [4.78, 5) is 25.9. The highest BCUT2D eigenvalue weighted by molar-refractivity contribution is 5.94. The molecule has 0 spiro atoms. The van der Waals surface area contributed by atoms with Gasteiger partial charge in [-0.3, -0.25) is 9.59 Å². The van der Waals surface area contributed by atoms with Crippen LogP contribution in [0.15, 0.2) is 36.4 Å². The number of phenols is 1. The molecule has 2 amide bonds. The van der Waals surface area contributed by atoms with Crippen molar-refractivity contribution in [3.8, 4) is 5.75 Å². The maximum Gasteiger partial charge on any atom is 0.251 e. The topological polar surface area (TPSA) is 81.7 Å². The van der Waals surface area contributed by atoms with Gasteiger partial charge < -0.3 is 20.6 Å². The standard InChI is InChI=1S/C20H22N2O3.C6H13N/c1-12-3-5-16(10-19(12)24)20(25)21-11-14-4-7-17-15(9-14)6-8-18(17)22-13(2)23;1-7-5-3-2-4-6-7/h3-5,7,9-10,18,24H,6,8,11H2,1-2H3,(H,21,25)(H,22,23);2-6H2,1H3. The molecule has 172 valence electrons. The van der Waals surface area contributed by atoms with Gasteiger partial charge in [0.25, 0.3) is 5.91 Å². The number of carbonyl (C=O) groups is 2. The van der Waals surface area contributed by atoms with Crippen molar-refractivity contribution in [2.24, 2.45) is 0 Å². The van der Waals surface area contributed by atoms with E-state index in [0.29, 0.717) is 12.1 Å². The molecule has 1 unspecified atom stereocenters. The number of aryl methyl sites for hydroxylation is 2. The summed E-state index contributed by atoms with van der Waals surface area (Å²) < 4.78 is 0. The number of piperidine rings is 1. The Morgan fingerprint density at radius 2 is 1.84 bits per heavy atom. The number of nitrogens with one attached hydrogen (secondary N) is 2. The minimum Gasteiger partial charge on any atom is -0.508 e. The summed E-state index contributed by atoms with van der Waals surface area (Å²) in [6.07, 6.45) is 6.11. The summed E-state index contributed by atoms with van der Waals surface area (Å²) >= 11 is 0. The Labute approximate surface area is 191 Å². The molecule has 2 aromatic carbocycles. The molecule has 6 nitrogen and oxygen atoms in total. The van der Waals surface area contributed by atoms with Crippen molar-refractivity contribution < 1.29 is 14.7 Å². The summed E-state index contributed by atoms with van der Waals surface area (Å²) in [7, 11) is 2.19. The van der Waals surface area contributed by atoms with E-state index in [-0.39, 0.29) is 23.6 Å². The average Bonchev–Trinajstić information content (AvgIpc) is 3.16. The van der Waals surface area contributed by atoms with E-state index >= 15 is 0 Å². The lowest BCUT2D eigenvalue weighted by molar-refractivity contribution is -0.119. The number of hydrogen-bond acceptors (Lipinski definition) is 4. The number of carbonyl (C=O) groups excluding carboxylic acids is 2. The van der Waals surface area contributed by atoms with Gasteiger partial charge in [-0.2, -0.15) is 0 Å². The molecular weight excluding hydrogens is 402 g/mol. The van der Waals surface area contributed by atoms with Gasteiger partial charge in [-0.25, -0.2) is 0 Å². The Balaban J connectivity index is 0.000000352. The lowest BCUT2D eigenvalue weighted by Gasteiger charge is -2.20. The van der Waals surface area contributed by atoms with Gasteiger partial charge in [0, 0.05) is 19.0 Å². The summed E-state index contributed by atoms with van der Waals surface area (Å²) in [6.45, 7) is 6.38. The Hall–Kier alpha value is -2.86. The predicted octanol–water partition coefficient (Wildman–Crippen LogP) is 3.86. The normalized spacial score (nSPS) is 17.7. The van der Waals surface area contributed by atoms with Crippen LogP contribution < -0.4 is 10.6 Å². The first-order valence-corrected chi connectivity index (χ1v) is 11.5. The minimum absolute atomic E-state index is 0.0180. The molecule has 0 saturated carbocycles. The van der Waals surface area contributed by atoms with E-state index in [1.165, 1.54) is 50.9 Å². The van der Waals surface area contributed by atoms with Crippen LogP contribution in [0.5, 0.6) is 5.75 Å². The third-order valence-corrected chi connectivity index (χ3v) is 6.17. The summed E-state index contributed by atoms with van der Waals surface area (Å²) in [6, 6.07) is 11.1. The fraction of sp³-hybridized carbons (Fsp3) is 0.462. The number of aromatic hydroxyl groups is 1. The van der Waals surface area contributed by atoms with Crippen LogP contribution in [0.4, 0.5) is 0 Å². The van der Waals surface area contributed by atoms with Gasteiger partial charge in [-0.05, 0) is 87.1 Å². The van der Waals surface area contributed by atoms with Gasteiger partial charge in [-0.15, -0.1) is 0 Å². The number of phenolic OH excluding ortho intramolecular Hbond substituents is 1. The van der Waals surface area contributed by atoms with Crippen molar-refractivity contribution in [2.75, 3.05) is 20.1 Å². The van der Waals surface area contributed by atoms with Crippen LogP contribution in [0, 0.1) is 6.92 Å². The van der Waals surface area contributed by atoms with Gasteiger partial charge in [0.2, 0.25) is 5.91 Å². The number of fused-ring (bicyclic) bond motifs is 1. The lowest BCUT2D eigenvalue weighted by Crippen LogP contribution is -2.24. The number of hydrogen-bond donors (Lipinski definition) is 3. The Morgan fingerprint density at radius 1 is 1.09 bits per heavy atom. The smallest absolute Gasteiger partial charge is 0.251 e. The van der Waals surface area contributed by atoms with Crippen molar-refractivity contribution in [1.29, 1.82) is 0 Å². The second-order valence-electron chi connectivity index (χ2n) is 8.87. The highest BCUT2D eigenvalue weighted by Crippen LogP contribution is 2.31. The first-order valence-electron chi connectivity index (χ1n) is 11.5. The van der Waals surface area contributed by atoms with Crippen molar-refractivity contribution in [3.63, 3.8) is 0 Å². The molecule has 2 aliphatic rings. The molecule has 1 aliphatic heterocycles. The van der Waals surface area contributed by atoms with Crippen molar-refractivity contribution in [3.05, 3.63) is 64.2 Å². The van der Waals surface area contributed by atoms with E-state index in [9.17, 15) is 14.7 Å². The number of rotatable bonds is 4. The molecule has 0 bridgehead atoms. The van der Waals surface area contributed by atoms with Crippen molar-refractivity contribution in [1.82, 2.24) is 15.5 Å². The minimum atomic E-state index is -0.216. The fourth-order valence-electron chi connectivity index (χ4n) is 4.26. The largest absolute Gasteiger partial charge is 0.508 e. The SMILES string of the molecule is CC(=O)NC1CCc2cc(CNC(=O)c3ccc(C)c(O)c3)ccc21.CN1CCCCC1. The number of benzene rings is 2. The van der Waals surface area contributed by atoms with Gasteiger partial charge in [0.15, 0.2) is 0 Å². The molecule has 3 N–H and O–H groups in total. The molecule has 6 heteroatoms. The molecule has 0 radical (unpaired) electrons. The summed E-state index contributed by atoms with van der Waals surface area (Å²) in [5, 5.41) is 15.6. The maximum atomic E-state index is 12.2. The van der Waals surface area contributed by atoms with Gasteiger partial charge >= 0.3 is 0 Å². The van der Waals surface area contributed by atoms with E-state index < -0.39 is 0 Å². The molecule has 1 saturated heterocycles. The monoisotopic (exact) mass is 437 g/mol. The Bertz CT molecular complexity index is 951. The zero-order chi connectivity index (χ0) is 23.1. The van der Waals surface area contributed by atoms with Gasteiger partial charge in [-0.1, -0.05) is 30.7 Å². The van der Waals surface area contributed by atoms with Crippen LogP contribution in [0.3, 0.4) is 0 Å². The van der Waals surface area contributed by atoms with Crippen LogP contribution in [-0.4, -0.2) is 42.0 Å². The van der Waals surface area contributed by atoms with E-state index in [1.54, 1.807) is 19.1 Å². The van der Waals surface area contributed by atoms with Crippen LogP contribution in [0.25, 0.3) is 0 Å². The first kappa shape index (κ1) is 23.8. The molecule has 4 rings (SSSR count). The number of amides is 2. The molecule has 0 aromatic heterocycles. The second-order valence-corrected chi connectivity index (χ2v) is 8.87. The molecule has 1 aliphatic carbocycles. The fourth-order valence-corrected chi connectivity index (χ4v) is 4.26. The molecule has 2 aromatic rings. The van der Waals surface area contributed by atoms with Gasteiger partial charge in [0.1, 0.15) is 5.75 Å². The highest BCUT2D eigenvalue weighted by Gasteiger charge is 2.23. The van der Waals surface area contributed by atoms with E-state index in [1.807, 2.05) is 12.1 Å². The first-order chi connectivity index (χ1) is 15.3. The average molecular weight is 438 g/mol. The third-order valence-electron chi connectivity index (χ3n) is 6.17. The van der Waals surface area contributed by atoms with Crippen LogP contribution in [0.1, 0.15) is 71.3 Å². The van der Waals surface area contributed by atoms with Crippen molar-refractivity contribution in [2.45, 2.75) is 58.5 Å². The lowest BCUT2D eigenvalue weighted by atomic mass is 10.0. The Kier molecular flexibility index (Phi) is 8.28. The summed E-state index contributed by atoms with van der Waals surface area (Å²) in [5.41, 5.74) is 4.58. The molecular formula is C26H35N3O3. The number of likely N-dealkylation sites (tertiary alicyclic amines) is 1. The van der Waals surface area contributed by atoms with Crippen LogP contribution in [0.2, 0.25) is 0 Å². The Morgan fingerprint density at radius 3 is 2.47 bits per heavy atom. The highest BCUT2D eigenvalue weighted by atomic mass is 16.3.